The summed E-state index contributed by atoms with van der Waals surface area (Å²) in [6.07, 6.45) is 0. The molecule has 3 rings (SSSR count). The number of benzene rings is 2. The van der Waals surface area contributed by atoms with E-state index in [2.05, 4.69) is 26.8 Å². The standard InChI is InChI=1S/C18H15BrN2O3/c1-10-3-5-14(7-11(10)2)20-21-17(22)15-9-12-8-13(19)4-6-16(12)24-18(15)23/h3-9,20H,1-2H3,(H,21,22). The van der Waals surface area contributed by atoms with Gasteiger partial charge in [-0.1, -0.05) is 22.0 Å². The second kappa shape index (κ2) is 6.49. The van der Waals surface area contributed by atoms with Crippen molar-refractivity contribution < 1.29 is 9.21 Å². The molecule has 0 unspecified atom stereocenters. The van der Waals surface area contributed by atoms with Crippen LogP contribution in [0.15, 0.2) is 56.1 Å². The Morgan fingerprint density at radius 1 is 1.04 bits per heavy atom. The molecule has 0 aliphatic heterocycles. The monoisotopic (exact) mass is 386 g/mol. The van der Waals surface area contributed by atoms with Gasteiger partial charge in [0.25, 0.3) is 5.91 Å². The third-order valence-corrected chi connectivity index (χ3v) is 4.26. The van der Waals surface area contributed by atoms with Gasteiger partial charge in [-0.15, -0.1) is 0 Å². The van der Waals surface area contributed by atoms with Crippen LogP contribution in [0, 0.1) is 13.8 Å². The summed E-state index contributed by atoms with van der Waals surface area (Å²) in [5.41, 5.74) is 8.02. The maximum atomic E-state index is 12.3. The number of hydrogen-bond donors (Lipinski definition) is 2. The van der Waals surface area contributed by atoms with Gasteiger partial charge in [0.2, 0.25) is 0 Å². The summed E-state index contributed by atoms with van der Waals surface area (Å²) in [5, 5.41) is 0.667. The van der Waals surface area contributed by atoms with Gasteiger partial charge in [-0.3, -0.25) is 15.6 Å². The number of rotatable bonds is 3. The Balaban J connectivity index is 1.84. The summed E-state index contributed by atoms with van der Waals surface area (Å²) >= 11 is 3.35. The van der Waals surface area contributed by atoms with E-state index in [4.69, 9.17) is 4.42 Å². The van der Waals surface area contributed by atoms with Crippen LogP contribution in [0.3, 0.4) is 0 Å². The van der Waals surface area contributed by atoms with E-state index in [-0.39, 0.29) is 5.56 Å². The second-order valence-corrected chi connectivity index (χ2v) is 6.42. The largest absolute Gasteiger partial charge is 0.422 e. The number of carbonyl (C=O) groups excluding carboxylic acids is 1. The summed E-state index contributed by atoms with van der Waals surface area (Å²) in [7, 11) is 0. The Bertz CT molecular complexity index is 995. The highest BCUT2D eigenvalue weighted by atomic mass is 79.9. The van der Waals surface area contributed by atoms with Gasteiger partial charge in [0, 0.05) is 9.86 Å². The normalized spacial score (nSPS) is 10.6. The summed E-state index contributed by atoms with van der Waals surface area (Å²) in [6.45, 7) is 3.99. The average molecular weight is 387 g/mol. The zero-order valence-electron chi connectivity index (χ0n) is 13.1. The van der Waals surface area contributed by atoms with Crippen molar-refractivity contribution in [3.63, 3.8) is 0 Å². The molecule has 5 nitrogen and oxygen atoms in total. The summed E-state index contributed by atoms with van der Waals surface area (Å²) < 4.78 is 6.03. The van der Waals surface area contributed by atoms with Crippen LogP contribution in [-0.4, -0.2) is 5.91 Å². The predicted octanol–water partition coefficient (Wildman–Crippen LogP) is 3.93. The van der Waals surface area contributed by atoms with E-state index in [0.29, 0.717) is 11.0 Å². The fourth-order valence-corrected chi connectivity index (χ4v) is 2.65. The number of nitrogens with one attached hydrogen (secondary N) is 2. The third kappa shape index (κ3) is 3.33. The first-order valence-electron chi connectivity index (χ1n) is 7.31. The van der Waals surface area contributed by atoms with Crippen LogP contribution in [-0.2, 0) is 0 Å². The van der Waals surface area contributed by atoms with Crippen LogP contribution in [0.4, 0.5) is 5.69 Å². The van der Waals surface area contributed by atoms with Crippen molar-refractivity contribution in [3.05, 3.63) is 74.0 Å². The lowest BCUT2D eigenvalue weighted by Gasteiger charge is -2.10. The van der Waals surface area contributed by atoms with Crippen LogP contribution in [0.25, 0.3) is 11.0 Å². The fourth-order valence-electron chi connectivity index (χ4n) is 2.27. The van der Waals surface area contributed by atoms with E-state index in [9.17, 15) is 9.59 Å². The fraction of sp³-hybridized carbons (Fsp3) is 0.111. The first-order valence-corrected chi connectivity index (χ1v) is 8.10. The van der Waals surface area contributed by atoms with Crippen molar-refractivity contribution >= 4 is 38.5 Å². The molecule has 0 saturated heterocycles. The Hall–Kier alpha value is -2.60. The van der Waals surface area contributed by atoms with Crippen molar-refractivity contribution in [3.8, 4) is 0 Å². The van der Waals surface area contributed by atoms with Crippen molar-refractivity contribution in [2.45, 2.75) is 13.8 Å². The molecule has 3 aromatic rings. The van der Waals surface area contributed by atoms with Gasteiger partial charge < -0.3 is 4.42 Å². The van der Waals surface area contributed by atoms with Crippen molar-refractivity contribution in [1.29, 1.82) is 0 Å². The maximum absolute atomic E-state index is 12.3. The summed E-state index contributed by atoms with van der Waals surface area (Å²) in [6, 6.07) is 12.5. The molecule has 0 bridgehead atoms. The molecule has 2 aromatic carbocycles. The minimum Gasteiger partial charge on any atom is -0.422 e. The van der Waals surface area contributed by atoms with E-state index in [1.165, 1.54) is 6.07 Å². The zero-order chi connectivity index (χ0) is 17.3. The number of anilines is 1. The van der Waals surface area contributed by atoms with Gasteiger partial charge in [-0.05, 0) is 61.4 Å². The topological polar surface area (TPSA) is 71.3 Å². The van der Waals surface area contributed by atoms with Gasteiger partial charge >= 0.3 is 5.63 Å². The Kier molecular flexibility index (Phi) is 4.40. The second-order valence-electron chi connectivity index (χ2n) is 5.51. The van der Waals surface area contributed by atoms with Gasteiger partial charge in [0.1, 0.15) is 11.1 Å². The van der Waals surface area contributed by atoms with E-state index in [0.717, 1.165) is 21.3 Å². The number of halogens is 1. The van der Waals surface area contributed by atoms with Crippen molar-refractivity contribution in [2.75, 3.05) is 5.43 Å². The number of aryl methyl sites for hydroxylation is 2. The van der Waals surface area contributed by atoms with E-state index in [1.807, 2.05) is 32.0 Å². The molecule has 1 aromatic heterocycles. The molecule has 0 fully saturated rings. The summed E-state index contributed by atoms with van der Waals surface area (Å²) in [5.74, 6) is -0.552. The van der Waals surface area contributed by atoms with Crippen LogP contribution < -0.4 is 16.5 Å². The van der Waals surface area contributed by atoms with Gasteiger partial charge in [0.15, 0.2) is 0 Å². The molecular formula is C18H15BrN2O3. The lowest BCUT2D eigenvalue weighted by Crippen LogP contribution is -2.32. The number of hydrogen-bond acceptors (Lipinski definition) is 4. The van der Waals surface area contributed by atoms with E-state index in [1.54, 1.807) is 18.2 Å². The first-order chi connectivity index (χ1) is 11.4. The molecule has 1 heterocycles. The first kappa shape index (κ1) is 16.3. The van der Waals surface area contributed by atoms with Crippen LogP contribution in [0.5, 0.6) is 0 Å². The molecule has 1 amide bonds. The molecule has 0 saturated carbocycles. The van der Waals surface area contributed by atoms with Gasteiger partial charge in [-0.25, -0.2) is 4.79 Å². The minimum absolute atomic E-state index is 0.0584. The number of hydrazine groups is 1. The SMILES string of the molecule is Cc1ccc(NNC(=O)c2cc3cc(Br)ccc3oc2=O)cc1C. The number of carbonyl (C=O) groups is 1. The smallest absolute Gasteiger partial charge is 0.349 e. The van der Waals surface area contributed by atoms with Crippen molar-refractivity contribution in [1.82, 2.24) is 5.43 Å². The van der Waals surface area contributed by atoms with Gasteiger partial charge in [-0.2, -0.15) is 0 Å². The van der Waals surface area contributed by atoms with E-state index >= 15 is 0 Å². The number of amides is 1. The highest BCUT2D eigenvalue weighted by Gasteiger charge is 2.13. The van der Waals surface area contributed by atoms with Crippen LogP contribution in [0.1, 0.15) is 21.5 Å². The molecule has 6 heteroatoms. The molecule has 122 valence electrons. The highest BCUT2D eigenvalue weighted by Crippen LogP contribution is 2.19. The molecule has 0 spiro atoms. The Morgan fingerprint density at radius 3 is 2.58 bits per heavy atom. The maximum Gasteiger partial charge on any atom is 0.349 e. The molecule has 24 heavy (non-hydrogen) atoms. The number of fused-ring (bicyclic) bond motifs is 1. The molecule has 0 atom stereocenters. The lowest BCUT2D eigenvalue weighted by molar-refractivity contribution is 0.0959. The molecule has 2 N–H and O–H groups in total. The molecule has 0 aliphatic carbocycles. The minimum atomic E-state index is -0.677. The quantitative estimate of drug-likeness (QED) is 0.528. The summed E-state index contributed by atoms with van der Waals surface area (Å²) in [4.78, 5) is 24.3. The van der Waals surface area contributed by atoms with Crippen LogP contribution >= 0.6 is 15.9 Å². The third-order valence-electron chi connectivity index (χ3n) is 3.77. The van der Waals surface area contributed by atoms with E-state index < -0.39 is 11.5 Å². The highest BCUT2D eigenvalue weighted by molar-refractivity contribution is 9.10. The van der Waals surface area contributed by atoms with Crippen LogP contribution in [0.2, 0.25) is 0 Å². The molecular weight excluding hydrogens is 372 g/mol. The molecule has 0 radical (unpaired) electrons. The lowest BCUT2D eigenvalue weighted by atomic mass is 10.1. The average Bonchev–Trinajstić information content (AvgIpc) is 2.55. The molecule has 0 aliphatic rings. The zero-order valence-corrected chi connectivity index (χ0v) is 14.7. The predicted molar refractivity (Wildman–Crippen MR) is 97.2 cm³/mol. The van der Waals surface area contributed by atoms with Crippen molar-refractivity contribution in [2.24, 2.45) is 0 Å². The Labute approximate surface area is 146 Å². The Morgan fingerprint density at radius 2 is 1.83 bits per heavy atom. The van der Waals surface area contributed by atoms with Gasteiger partial charge in [0.05, 0.1) is 5.69 Å².